The van der Waals surface area contributed by atoms with Crippen LogP contribution in [0.4, 0.5) is 5.69 Å². The molecule has 5 nitrogen and oxygen atoms in total. The molecule has 2 aromatic rings. The molecule has 29 heavy (non-hydrogen) atoms. The van der Waals surface area contributed by atoms with Gasteiger partial charge in [0.25, 0.3) is 5.91 Å². The number of ketones is 1. The zero-order valence-corrected chi connectivity index (χ0v) is 17.5. The summed E-state index contributed by atoms with van der Waals surface area (Å²) in [6.07, 6.45) is 0. The van der Waals surface area contributed by atoms with E-state index in [0.29, 0.717) is 16.3 Å². The summed E-state index contributed by atoms with van der Waals surface area (Å²) >= 11 is 12.2. The van der Waals surface area contributed by atoms with Gasteiger partial charge in [-0.25, -0.2) is 0 Å². The molecule has 1 N–H and O–H groups in total. The number of aliphatic hydroxyl groups is 1. The minimum absolute atomic E-state index is 0.0221. The SMILES string of the molecule is Cc1cc(Cl)ccc1C1C(C(=O)C(C)C)=C(O)C(=O)N1c1cc(Cl)cc(C#N)c1. The molecule has 0 fully saturated rings. The van der Waals surface area contributed by atoms with Crippen LogP contribution < -0.4 is 4.90 Å². The summed E-state index contributed by atoms with van der Waals surface area (Å²) in [5, 5.41) is 20.7. The van der Waals surface area contributed by atoms with Crippen LogP contribution in [0.1, 0.15) is 36.6 Å². The van der Waals surface area contributed by atoms with Crippen LogP contribution in [0.15, 0.2) is 47.7 Å². The number of halogens is 2. The quantitative estimate of drug-likeness (QED) is 0.715. The van der Waals surface area contributed by atoms with Crippen LogP contribution >= 0.6 is 23.2 Å². The van der Waals surface area contributed by atoms with E-state index in [1.54, 1.807) is 32.0 Å². The number of hydrogen-bond acceptors (Lipinski definition) is 4. The van der Waals surface area contributed by atoms with Gasteiger partial charge in [0.15, 0.2) is 11.5 Å². The van der Waals surface area contributed by atoms with Crippen LogP contribution in [0, 0.1) is 24.2 Å². The molecule has 0 radical (unpaired) electrons. The van der Waals surface area contributed by atoms with Crippen molar-refractivity contribution in [2.24, 2.45) is 5.92 Å². The first-order chi connectivity index (χ1) is 13.6. The highest BCUT2D eigenvalue weighted by Crippen LogP contribution is 2.43. The topological polar surface area (TPSA) is 81.4 Å². The Labute approximate surface area is 178 Å². The number of Topliss-reactive ketones (excluding diaryl/α,β-unsaturated/α-hetero) is 1. The Hall–Kier alpha value is -2.81. The predicted molar refractivity (Wildman–Crippen MR) is 112 cm³/mol. The number of carbonyl (C=O) groups is 2. The van der Waals surface area contributed by atoms with E-state index < -0.39 is 23.6 Å². The average Bonchev–Trinajstić information content (AvgIpc) is 2.91. The van der Waals surface area contributed by atoms with E-state index in [2.05, 4.69) is 0 Å². The summed E-state index contributed by atoms with van der Waals surface area (Å²) in [5.41, 5.74) is 2.00. The Bertz CT molecular complexity index is 1100. The van der Waals surface area contributed by atoms with Crippen molar-refractivity contribution in [3.8, 4) is 6.07 Å². The van der Waals surface area contributed by atoms with E-state index in [1.165, 1.54) is 23.1 Å². The van der Waals surface area contributed by atoms with Crippen molar-refractivity contribution in [2.45, 2.75) is 26.8 Å². The zero-order valence-electron chi connectivity index (χ0n) is 16.0. The molecule has 2 aromatic carbocycles. The number of carbonyl (C=O) groups excluding carboxylic acids is 2. The summed E-state index contributed by atoms with van der Waals surface area (Å²) in [5.74, 6) is -2.08. The third kappa shape index (κ3) is 3.74. The van der Waals surface area contributed by atoms with Crippen LogP contribution in [-0.4, -0.2) is 16.8 Å². The second kappa shape index (κ2) is 7.90. The van der Waals surface area contributed by atoms with Gasteiger partial charge in [-0.2, -0.15) is 5.26 Å². The molecule has 1 atom stereocenters. The van der Waals surface area contributed by atoms with E-state index in [-0.39, 0.29) is 21.9 Å². The van der Waals surface area contributed by atoms with Gasteiger partial charge in [-0.3, -0.25) is 14.5 Å². The monoisotopic (exact) mass is 428 g/mol. The Kier molecular flexibility index (Phi) is 5.70. The highest BCUT2D eigenvalue weighted by molar-refractivity contribution is 6.31. The molecule has 0 saturated heterocycles. The molecule has 3 rings (SSSR count). The number of amides is 1. The first-order valence-electron chi connectivity index (χ1n) is 8.93. The summed E-state index contributed by atoms with van der Waals surface area (Å²) in [6.45, 7) is 5.22. The third-order valence-electron chi connectivity index (χ3n) is 4.81. The van der Waals surface area contributed by atoms with Gasteiger partial charge in [-0.15, -0.1) is 0 Å². The number of aryl methyl sites for hydroxylation is 1. The minimum Gasteiger partial charge on any atom is -0.503 e. The Morgan fingerprint density at radius 1 is 1.17 bits per heavy atom. The Morgan fingerprint density at radius 3 is 2.45 bits per heavy atom. The number of rotatable bonds is 4. The molecule has 0 spiro atoms. The number of benzene rings is 2. The largest absolute Gasteiger partial charge is 0.503 e. The van der Waals surface area contributed by atoms with Crippen LogP contribution in [0.2, 0.25) is 10.0 Å². The zero-order chi connectivity index (χ0) is 21.5. The highest BCUT2D eigenvalue weighted by atomic mass is 35.5. The van der Waals surface area contributed by atoms with Gasteiger partial charge in [0, 0.05) is 21.7 Å². The standard InChI is InChI=1S/C22H18Cl2N2O3/c1-11(2)20(27)18-19(17-5-4-14(23)6-12(17)3)26(22(29)21(18)28)16-8-13(10-25)7-15(24)9-16/h4-9,11,19,28H,1-3H3. The number of nitrogens with zero attached hydrogens (tertiary/aromatic N) is 2. The smallest absolute Gasteiger partial charge is 0.294 e. The van der Waals surface area contributed by atoms with Crippen molar-refractivity contribution in [3.63, 3.8) is 0 Å². The molecule has 0 bridgehead atoms. The van der Waals surface area contributed by atoms with Crippen LogP contribution in [0.3, 0.4) is 0 Å². The van der Waals surface area contributed by atoms with Gasteiger partial charge >= 0.3 is 0 Å². The molecule has 0 saturated carbocycles. The molecule has 0 aromatic heterocycles. The maximum Gasteiger partial charge on any atom is 0.294 e. The van der Waals surface area contributed by atoms with Crippen molar-refractivity contribution >= 4 is 40.6 Å². The Balaban J connectivity index is 2.28. The first-order valence-corrected chi connectivity index (χ1v) is 9.69. The fourth-order valence-corrected chi connectivity index (χ4v) is 3.91. The first kappa shape index (κ1) is 20.9. The van der Waals surface area contributed by atoms with E-state index in [9.17, 15) is 20.0 Å². The van der Waals surface area contributed by atoms with Gasteiger partial charge < -0.3 is 5.11 Å². The van der Waals surface area contributed by atoms with Gasteiger partial charge in [0.05, 0.1) is 23.2 Å². The molecular formula is C22H18Cl2N2O3. The van der Waals surface area contributed by atoms with Crippen molar-refractivity contribution in [1.82, 2.24) is 0 Å². The van der Waals surface area contributed by atoms with E-state index in [0.717, 1.165) is 5.56 Å². The highest BCUT2D eigenvalue weighted by Gasteiger charge is 2.45. The van der Waals surface area contributed by atoms with Crippen LogP contribution in [0.25, 0.3) is 0 Å². The minimum atomic E-state index is -0.861. The summed E-state index contributed by atoms with van der Waals surface area (Å²) in [7, 11) is 0. The molecule has 1 aliphatic heterocycles. The third-order valence-corrected chi connectivity index (χ3v) is 5.27. The number of anilines is 1. The summed E-state index contributed by atoms with van der Waals surface area (Å²) < 4.78 is 0. The normalized spacial score (nSPS) is 16.5. The van der Waals surface area contributed by atoms with Gasteiger partial charge in [0.2, 0.25) is 0 Å². The van der Waals surface area contributed by atoms with Crippen molar-refractivity contribution in [2.75, 3.05) is 4.90 Å². The summed E-state index contributed by atoms with van der Waals surface area (Å²) in [4.78, 5) is 27.3. The second-order valence-corrected chi connectivity index (χ2v) is 8.04. The number of hydrogen-bond donors (Lipinski definition) is 1. The fraction of sp³-hybridized carbons (Fsp3) is 0.227. The van der Waals surface area contributed by atoms with Gasteiger partial charge in [-0.05, 0) is 48.4 Å². The molecular weight excluding hydrogens is 411 g/mol. The molecule has 0 aliphatic carbocycles. The van der Waals surface area contributed by atoms with Gasteiger partial charge in [-0.1, -0.05) is 43.1 Å². The molecule has 1 amide bonds. The second-order valence-electron chi connectivity index (χ2n) is 7.17. The average molecular weight is 429 g/mol. The van der Waals surface area contributed by atoms with Crippen LogP contribution in [-0.2, 0) is 9.59 Å². The molecule has 7 heteroatoms. The van der Waals surface area contributed by atoms with E-state index >= 15 is 0 Å². The lowest BCUT2D eigenvalue weighted by molar-refractivity contribution is -0.119. The lowest BCUT2D eigenvalue weighted by atomic mass is 9.89. The molecule has 1 aliphatic rings. The van der Waals surface area contributed by atoms with E-state index in [1.807, 2.05) is 13.0 Å². The molecule has 1 unspecified atom stereocenters. The van der Waals surface area contributed by atoms with E-state index in [4.69, 9.17) is 23.2 Å². The summed E-state index contributed by atoms with van der Waals surface area (Å²) in [6, 6.07) is 10.8. The Morgan fingerprint density at radius 2 is 1.86 bits per heavy atom. The fourth-order valence-electron chi connectivity index (χ4n) is 3.45. The maximum absolute atomic E-state index is 13.0. The van der Waals surface area contributed by atoms with Crippen molar-refractivity contribution in [3.05, 3.63) is 74.5 Å². The molecule has 148 valence electrons. The molecule has 1 heterocycles. The van der Waals surface area contributed by atoms with Crippen LogP contribution in [0.5, 0.6) is 0 Å². The van der Waals surface area contributed by atoms with Crippen molar-refractivity contribution in [1.29, 1.82) is 5.26 Å². The van der Waals surface area contributed by atoms with Crippen molar-refractivity contribution < 1.29 is 14.7 Å². The lowest BCUT2D eigenvalue weighted by Gasteiger charge is -2.28. The lowest BCUT2D eigenvalue weighted by Crippen LogP contribution is -2.32. The predicted octanol–water partition coefficient (Wildman–Crippen LogP) is 5.30. The van der Waals surface area contributed by atoms with Gasteiger partial charge in [0.1, 0.15) is 0 Å². The maximum atomic E-state index is 13.0. The number of aliphatic hydroxyl groups excluding tert-OH is 1. The number of nitriles is 1.